The Bertz CT molecular complexity index is 9730. The first kappa shape index (κ1) is 88.9. The van der Waals surface area contributed by atoms with E-state index in [1.807, 2.05) is 170 Å². The van der Waals surface area contributed by atoms with Gasteiger partial charge in [-0.15, -0.1) is 0 Å². The molecule has 0 spiro atoms. The van der Waals surface area contributed by atoms with E-state index in [0.717, 1.165) is 216 Å². The maximum absolute atomic E-state index is 14.2. The number of rotatable bonds is 16. The van der Waals surface area contributed by atoms with E-state index in [4.69, 9.17) is 26.5 Å². The second-order valence-corrected chi connectivity index (χ2v) is 37.4. The fourth-order valence-corrected chi connectivity index (χ4v) is 21.8. The molecule has 26 aromatic rings. The number of aromatic nitrogens is 8. The third kappa shape index (κ3) is 16.0. The van der Waals surface area contributed by atoms with Crippen LogP contribution in [0.1, 0.15) is 27.8 Å². The number of benzene rings is 20. The van der Waals surface area contributed by atoms with Gasteiger partial charge in [0.2, 0.25) is 0 Å². The lowest BCUT2D eigenvalue weighted by Gasteiger charge is -2.22. The van der Waals surface area contributed by atoms with Gasteiger partial charge in [-0.3, -0.25) is 0 Å². The molecule has 26 rings (SSSR count). The zero-order chi connectivity index (χ0) is 99.1. The summed E-state index contributed by atoms with van der Waals surface area (Å²) in [6.45, 7) is 14.0. The van der Waals surface area contributed by atoms with Crippen LogP contribution in [0.5, 0.6) is 0 Å². The summed E-state index contributed by atoms with van der Waals surface area (Å²) >= 11 is 0. The SMILES string of the molecule is Cc1cc(C)cc(-c2ccc3c(c2)c2ccccc2n3-c2cccc(-c3cc(-c4ccccc4)nc(-c4ccccc4)n3)c2-c2ccccc2-n2c3ccccc3c3cc(-c4cc(C)cc(C(F)(F)F)c4)ccc32)c1.[C-]#[N+]c1ccccc1-c1ccc2c(c1)c1ccccc1n2-c1ccccc1-c1c(-c2cc(-c3ccccc3)nc(-c3ccccc3)n2)cccc1-n1c2ccccc2c2cc(-c3ccccc3C#N)ccc21. The van der Waals surface area contributed by atoms with Crippen molar-refractivity contribution in [2.75, 3.05) is 0 Å². The Morgan fingerprint density at radius 2 is 0.544 bits per heavy atom. The summed E-state index contributed by atoms with van der Waals surface area (Å²) in [6.07, 6.45) is -4.47. The number of nitrogens with zero attached hydrogens (tertiary/aromatic N) is 10. The van der Waals surface area contributed by atoms with Gasteiger partial charge in [0.1, 0.15) is 0 Å². The number of para-hydroxylation sites is 7. The molecule has 0 aliphatic rings. The third-order valence-corrected chi connectivity index (χ3v) is 28.3. The lowest BCUT2D eigenvalue weighted by Crippen LogP contribution is -2.05. The van der Waals surface area contributed by atoms with E-state index in [2.05, 4.69) is 334 Å². The Morgan fingerprint density at radius 3 is 0.959 bits per heavy atom. The minimum atomic E-state index is -4.47. The van der Waals surface area contributed by atoms with Crippen LogP contribution in [0.3, 0.4) is 0 Å². The van der Waals surface area contributed by atoms with Gasteiger partial charge >= 0.3 is 6.18 Å². The van der Waals surface area contributed by atoms with E-state index in [9.17, 15) is 18.4 Å². The molecule has 0 saturated carbocycles. The Morgan fingerprint density at radius 1 is 0.238 bits per heavy atom. The molecule has 0 aliphatic carbocycles. The van der Waals surface area contributed by atoms with E-state index in [1.54, 1.807) is 6.92 Å². The summed E-state index contributed by atoms with van der Waals surface area (Å²) in [4.78, 5) is 25.2. The number of nitriles is 1. The summed E-state index contributed by atoms with van der Waals surface area (Å²) in [7, 11) is 0. The number of hydrogen-bond acceptors (Lipinski definition) is 5. The standard InChI is InChI=1S/C68H47F3N4.C66H40N6/c1-42-33-43(2)35-49(34-42)47-29-32-64-57(39-47)53-22-11-14-26-61(53)75(64)65-28-16-24-54(59-41-58(45-17-6-4-7-18-45)72-67(73-59)46-19-8-5-9-20-46)66(65)55-23-12-15-27-62(55)74-60-25-13-10-21-52(60)56-40-48(30-31-63(56)74)50-36-44(3)37-51(38-50)68(69,70)71;1-68-56-30-14-10-25-49(56)46-36-38-62-55(40-46)50-26-11-15-31-59(50)71(62)61-33-17-13-28-53(61)65-52(58-41-57(43-19-4-2-5-20-43)69-66(70-58)44-21-6-3-7-22-44)29-18-34-64(65)72-60-32-16-12-27-51(60)54-39-45(35-37-63(54)72)48-24-9-8-23-47(48)42-67/h4-41H,1-3H3;2-41H. The van der Waals surface area contributed by atoms with Gasteiger partial charge in [-0.05, 0) is 198 Å². The predicted molar refractivity (Wildman–Crippen MR) is 597 cm³/mol. The van der Waals surface area contributed by atoms with Crippen LogP contribution >= 0.6 is 0 Å². The predicted octanol–water partition coefficient (Wildman–Crippen LogP) is 35.7. The molecule has 0 unspecified atom stereocenters. The van der Waals surface area contributed by atoms with Gasteiger partial charge in [0, 0.05) is 98.7 Å². The fraction of sp³-hybridized carbons (Fsp3) is 0.0299. The first-order valence-corrected chi connectivity index (χ1v) is 49.0. The van der Waals surface area contributed by atoms with Crippen molar-refractivity contribution in [2.24, 2.45) is 0 Å². The van der Waals surface area contributed by atoms with Gasteiger partial charge < -0.3 is 18.3 Å². The summed E-state index contributed by atoms with van der Waals surface area (Å²) in [5, 5.41) is 18.7. The Hall–Kier alpha value is -19.5. The van der Waals surface area contributed by atoms with Crippen LogP contribution in [0.2, 0.25) is 0 Å². The molecule has 6 heterocycles. The van der Waals surface area contributed by atoms with Crippen molar-refractivity contribution >= 4 is 92.9 Å². The number of halogens is 3. The molecule has 147 heavy (non-hydrogen) atoms. The normalized spacial score (nSPS) is 11.6. The van der Waals surface area contributed by atoms with E-state index in [-0.39, 0.29) is 0 Å². The molecule has 13 heteroatoms. The summed E-state index contributed by atoms with van der Waals surface area (Å²) in [6, 6.07) is 165. The molecule has 10 nitrogen and oxygen atoms in total. The summed E-state index contributed by atoms with van der Waals surface area (Å²) in [5.74, 6) is 1.25. The number of hydrogen-bond donors (Lipinski definition) is 0. The molecule has 0 N–H and O–H groups in total. The van der Waals surface area contributed by atoms with Crippen LogP contribution in [-0.2, 0) is 6.18 Å². The Balaban J connectivity index is 0.000000153. The fourth-order valence-electron chi connectivity index (χ4n) is 21.8. The van der Waals surface area contributed by atoms with Gasteiger partial charge in [0.05, 0.1) is 113 Å². The molecule has 20 aromatic carbocycles. The molecule has 0 atom stereocenters. The lowest BCUT2D eigenvalue weighted by molar-refractivity contribution is -0.137. The lowest BCUT2D eigenvalue weighted by atomic mass is 9.93. The zero-order valence-electron chi connectivity index (χ0n) is 80.1. The average Bonchev–Trinajstić information content (AvgIpc) is 1.59. The molecule has 0 fully saturated rings. The number of alkyl halides is 3. The molecular formula is C134H87F3N10. The van der Waals surface area contributed by atoms with Crippen LogP contribution in [0, 0.1) is 38.7 Å². The molecule has 0 saturated heterocycles. The molecule has 6 aromatic heterocycles. The monoisotopic (exact) mass is 1890 g/mol. The van der Waals surface area contributed by atoms with Crippen molar-refractivity contribution in [1.29, 1.82) is 5.26 Å². The second-order valence-electron chi connectivity index (χ2n) is 37.4. The first-order valence-electron chi connectivity index (χ1n) is 49.0. The van der Waals surface area contributed by atoms with Crippen molar-refractivity contribution in [3.63, 3.8) is 0 Å². The highest BCUT2D eigenvalue weighted by Gasteiger charge is 2.33. The maximum Gasteiger partial charge on any atom is 0.416 e. The largest absolute Gasteiger partial charge is 0.416 e. The highest BCUT2D eigenvalue weighted by molar-refractivity contribution is 6.17. The van der Waals surface area contributed by atoms with Gasteiger partial charge in [-0.25, -0.2) is 24.8 Å². The van der Waals surface area contributed by atoms with E-state index in [0.29, 0.717) is 39.6 Å². The van der Waals surface area contributed by atoms with Crippen LogP contribution < -0.4 is 0 Å². The van der Waals surface area contributed by atoms with Crippen molar-refractivity contribution in [3.05, 3.63) is 512 Å². The molecule has 694 valence electrons. The highest BCUT2D eigenvalue weighted by Crippen LogP contribution is 2.51. The number of fused-ring (bicyclic) bond motifs is 12. The smallest absolute Gasteiger partial charge is 0.309 e. The molecule has 0 radical (unpaired) electrons. The number of aryl methyl sites for hydroxylation is 3. The van der Waals surface area contributed by atoms with Crippen molar-refractivity contribution in [1.82, 2.24) is 38.2 Å². The van der Waals surface area contributed by atoms with Crippen LogP contribution in [0.4, 0.5) is 18.9 Å². The molecule has 0 bridgehead atoms. The van der Waals surface area contributed by atoms with E-state index < -0.39 is 11.7 Å². The van der Waals surface area contributed by atoms with Gasteiger partial charge in [-0.1, -0.05) is 357 Å². The van der Waals surface area contributed by atoms with Crippen molar-refractivity contribution < 1.29 is 13.2 Å². The topological polar surface area (TPSA) is 99.4 Å². The Kier molecular flexibility index (Phi) is 22.3. The Labute approximate surface area is 846 Å². The van der Waals surface area contributed by atoms with Crippen molar-refractivity contribution in [2.45, 2.75) is 26.9 Å². The quantitative estimate of drug-likeness (QED) is 0.0898. The van der Waals surface area contributed by atoms with Gasteiger partial charge in [0.25, 0.3) is 0 Å². The maximum atomic E-state index is 14.2. The van der Waals surface area contributed by atoms with Crippen molar-refractivity contribution in [3.8, 4) is 163 Å². The van der Waals surface area contributed by atoms with Crippen LogP contribution in [-0.4, -0.2) is 38.2 Å². The second kappa shape index (κ2) is 36.9. The van der Waals surface area contributed by atoms with Gasteiger partial charge in [0.15, 0.2) is 17.3 Å². The van der Waals surface area contributed by atoms with Gasteiger partial charge in [-0.2, -0.15) is 18.4 Å². The van der Waals surface area contributed by atoms with Crippen LogP contribution in [0.15, 0.2) is 473 Å². The first-order chi connectivity index (χ1) is 72.2. The third-order valence-electron chi connectivity index (χ3n) is 28.3. The van der Waals surface area contributed by atoms with E-state index in [1.165, 1.54) is 28.8 Å². The molecule has 0 aliphatic heterocycles. The minimum absolute atomic E-state index is 0.516. The minimum Gasteiger partial charge on any atom is -0.309 e. The highest BCUT2D eigenvalue weighted by atomic mass is 19.4. The summed E-state index contributed by atoms with van der Waals surface area (Å²) < 4.78 is 52.1. The zero-order valence-corrected chi connectivity index (χ0v) is 80.1. The van der Waals surface area contributed by atoms with E-state index >= 15 is 0 Å². The average molecular weight is 1890 g/mol. The molecular weight excluding hydrogens is 1810 g/mol. The van der Waals surface area contributed by atoms with Crippen LogP contribution in [0.25, 0.3) is 249 Å². The summed E-state index contributed by atoms with van der Waals surface area (Å²) in [5.41, 5.74) is 35.8. The molecule has 0 amide bonds.